The molecule has 1 aliphatic rings. The van der Waals surface area contributed by atoms with Gasteiger partial charge in [0.15, 0.2) is 0 Å². The van der Waals surface area contributed by atoms with E-state index in [0.29, 0.717) is 28.6 Å². The van der Waals surface area contributed by atoms with Gasteiger partial charge in [0.25, 0.3) is 17.0 Å². The lowest BCUT2D eigenvalue weighted by Gasteiger charge is -2.09. The molecular formula is C19H16N4O4. The first-order valence-electron chi connectivity index (χ1n) is 8.46. The third-order valence-electron chi connectivity index (χ3n) is 4.52. The van der Waals surface area contributed by atoms with Crippen LogP contribution in [0.5, 0.6) is 0 Å². The monoisotopic (exact) mass is 364 g/mol. The number of amides is 2. The lowest BCUT2D eigenvalue weighted by Crippen LogP contribution is -2.31. The number of nitrogens with one attached hydrogen (secondary N) is 3. The largest absolute Gasteiger partial charge is 0.348 e. The normalized spacial score (nSPS) is 12.7. The van der Waals surface area contributed by atoms with Crippen LogP contribution in [0, 0.1) is 0 Å². The van der Waals surface area contributed by atoms with Gasteiger partial charge in [-0.25, -0.2) is 4.68 Å². The van der Waals surface area contributed by atoms with Crippen LogP contribution in [0.2, 0.25) is 0 Å². The Morgan fingerprint density at radius 3 is 2.67 bits per heavy atom. The zero-order chi connectivity index (χ0) is 19.0. The average molecular weight is 364 g/mol. The highest BCUT2D eigenvalue weighted by atomic mass is 16.2. The summed E-state index contributed by atoms with van der Waals surface area (Å²) in [6, 6.07) is 11.7. The summed E-state index contributed by atoms with van der Waals surface area (Å²) in [7, 11) is 0. The van der Waals surface area contributed by atoms with Crippen molar-refractivity contribution in [1.29, 1.82) is 0 Å². The Hall–Kier alpha value is -3.68. The quantitative estimate of drug-likeness (QED) is 0.640. The molecule has 136 valence electrons. The van der Waals surface area contributed by atoms with Crippen LogP contribution in [0.25, 0.3) is 10.8 Å². The zero-order valence-corrected chi connectivity index (χ0v) is 14.2. The first kappa shape index (κ1) is 16.8. The van der Waals surface area contributed by atoms with E-state index < -0.39 is 0 Å². The molecular weight excluding hydrogens is 348 g/mol. The van der Waals surface area contributed by atoms with Crippen LogP contribution >= 0.6 is 0 Å². The van der Waals surface area contributed by atoms with E-state index in [1.807, 2.05) is 0 Å². The summed E-state index contributed by atoms with van der Waals surface area (Å²) in [5.41, 5.74) is 1.21. The molecule has 2 aromatic carbocycles. The van der Waals surface area contributed by atoms with Gasteiger partial charge in [-0.2, -0.15) is 0 Å². The van der Waals surface area contributed by atoms with Crippen molar-refractivity contribution in [3.8, 4) is 0 Å². The Bertz CT molecular complexity index is 1190. The number of anilines is 1. The van der Waals surface area contributed by atoms with E-state index in [0.717, 1.165) is 10.2 Å². The van der Waals surface area contributed by atoms with Gasteiger partial charge in [0.1, 0.15) is 0 Å². The van der Waals surface area contributed by atoms with Gasteiger partial charge >= 0.3 is 0 Å². The second kappa shape index (κ2) is 6.56. The number of H-pyrrole nitrogens is 1. The highest BCUT2D eigenvalue weighted by molar-refractivity contribution is 6.00. The van der Waals surface area contributed by atoms with Gasteiger partial charge in [-0.05, 0) is 29.8 Å². The standard InChI is InChI=1S/C19H16N4O4/c24-16(21-12-6-5-11-10-20-17(25)15(11)9-12)7-8-23-19(27)14-4-2-1-3-13(14)18(26)22-23/h1-6,9H,7-8,10H2,(H,20,25)(H,21,24)(H,22,26). The third-order valence-corrected chi connectivity index (χ3v) is 4.52. The zero-order valence-electron chi connectivity index (χ0n) is 14.2. The molecule has 0 saturated heterocycles. The molecule has 1 aromatic heterocycles. The molecule has 8 nitrogen and oxygen atoms in total. The van der Waals surface area contributed by atoms with E-state index in [9.17, 15) is 19.2 Å². The van der Waals surface area contributed by atoms with Crippen molar-refractivity contribution in [2.45, 2.75) is 19.5 Å². The average Bonchev–Trinajstić information content (AvgIpc) is 3.04. The van der Waals surface area contributed by atoms with E-state index in [-0.39, 0.29) is 35.9 Å². The molecule has 0 bridgehead atoms. The molecule has 2 amide bonds. The lowest BCUT2D eigenvalue weighted by atomic mass is 10.1. The number of fused-ring (bicyclic) bond motifs is 2. The number of hydrogen-bond acceptors (Lipinski definition) is 4. The Balaban J connectivity index is 1.49. The summed E-state index contributed by atoms with van der Waals surface area (Å²) in [5, 5.41) is 8.55. The number of carbonyl (C=O) groups is 2. The van der Waals surface area contributed by atoms with Crippen LogP contribution in [-0.4, -0.2) is 21.6 Å². The van der Waals surface area contributed by atoms with E-state index in [2.05, 4.69) is 15.7 Å². The van der Waals surface area contributed by atoms with Crippen LogP contribution in [0.3, 0.4) is 0 Å². The smallest absolute Gasteiger partial charge is 0.273 e. The first-order valence-corrected chi connectivity index (χ1v) is 8.46. The van der Waals surface area contributed by atoms with Gasteiger partial charge in [0, 0.05) is 24.2 Å². The predicted molar refractivity (Wildman–Crippen MR) is 99.7 cm³/mol. The minimum absolute atomic E-state index is 0.00251. The highest BCUT2D eigenvalue weighted by Gasteiger charge is 2.19. The number of hydrogen-bond donors (Lipinski definition) is 3. The first-order chi connectivity index (χ1) is 13.0. The number of aromatic nitrogens is 2. The molecule has 8 heteroatoms. The van der Waals surface area contributed by atoms with Gasteiger partial charge in [-0.3, -0.25) is 24.3 Å². The fourth-order valence-corrected chi connectivity index (χ4v) is 3.13. The van der Waals surface area contributed by atoms with Crippen molar-refractivity contribution in [1.82, 2.24) is 15.1 Å². The fraction of sp³-hybridized carbons (Fsp3) is 0.158. The topological polar surface area (TPSA) is 113 Å². The van der Waals surface area contributed by atoms with Crippen molar-refractivity contribution in [3.63, 3.8) is 0 Å². The number of carbonyl (C=O) groups excluding carboxylic acids is 2. The lowest BCUT2D eigenvalue weighted by molar-refractivity contribution is -0.116. The van der Waals surface area contributed by atoms with Crippen molar-refractivity contribution >= 4 is 28.3 Å². The summed E-state index contributed by atoms with van der Waals surface area (Å²) < 4.78 is 1.14. The summed E-state index contributed by atoms with van der Waals surface area (Å²) in [6.07, 6.45) is -0.00251. The fourth-order valence-electron chi connectivity index (χ4n) is 3.13. The summed E-state index contributed by atoms with van der Waals surface area (Å²) in [4.78, 5) is 48.4. The van der Waals surface area contributed by atoms with E-state index in [4.69, 9.17) is 0 Å². The maximum absolute atomic E-state index is 12.4. The Morgan fingerprint density at radius 1 is 1.07 bits per heavy atom. The van der Waals surface area contributed by atoms with Gasteiger partial charge in [0.05, 0.1) is 17.3 Å². The predicted octanol–water partition coefficient (Wildman–Crippen LogP) is 0.962. The van der Waals surface area contributed by atoms with Gasteiger partial charge in [-0.15, -0.1) is 0 Å². The van der Waals surface area contributed by atoms with Crippen LogP contribution in [-0.2, 0) is 17.9 Å². The Labute approximate surface area is 152 Å². The molecule has 0 fully saturated rings. The molecule has 0 aliphatic carbocycles. The van der Waals surface area contributed by atoms with Gasteiger partial charge in [-0.1, -0.05) is 18.2 Å². The molecule has 0 unspecified atom stereocenters. The van der Waals surface area contributed by atoms with Crippen LogP contribution in [0.1, 0.15) is 22.3 Å². The minimum atomic E-state index is -0.379. The number of nitrogens with zero attached hydrogens (tertiary/aromatic N) is 1. The van der Waals surface area contributed by atoms with Crippen LogP contribution in [0.15, 0.2) is 52.1 Å². The van der Waals surface area contributed by atoms with E-state index in [1.165, 1.54) is 0 Å². The number of rotatable bonds is 4. The molecule has 27 heavy (non-hydrogen) atoms. The number of benzene rings is 2. The maximum Gasteiger partial charge on any atom is 0.273 e. The molecule has 0 atom stereocenters. The Kier molecular flexibility index (Phi) is 4.08. The SMILES string of the molecule is O=C(CCn1[nH]c(=O)c2ccccc2c1=O)Nc1ccc2c(c1)C(=O)NC2. The molecule has 2 heterocycles. The molecule has 0 saturated carbocycles. The summed E-state index contributed by atoms with van der Waals surface area (Å²) in [6.45, 7) is 0.525. The number of aryl methyl sites for hydroxylation is 1. The second-order valence-electron chi connectivity index (χ2n) is 6.30. The van der Waals surface area contributed by atoms with E-state index in [1.54, 1.807) is 42.5 Å². The highest BCUT2D eigenvalue weighted by Crippen LogP contribution is 2.20. The number of aromatic amines is 1. The summed E-state index contributed by atoms with van der Waals surface area (Å²) >= 11 is 0. The minimum Gasteiger partial charge on any atom is -0.348 e. The van der Waals surface area contributed by atoms with Gasteiger partial charge < -0.3 is 10.6 Å². The van der Waals surface area contributed by atoms with Crippen molar-refractivity contribution in [2.24, 2.45) is 0 Å². The van der Waals surface area contributed by atoms with Crippen LogP contribution in [0.4, 0.5) is 5.69 Å². The van der Waals surface area contributed by atoms with Crippen molar-refractivity contribution in [2.75, 3.05) is 5.32 Å². The maximum atomic E-state index is 12.4. The van der Waals surface area contributed by atoms with E-state index >= 15 is 0 Å². The second-order valence-corrected chi connectivity index (χ2v) is 6.30. The van der Waals surface area contributed by atoms with Crippen LogP contribution < -0.4 is 21.8 Å². The molecule has 0 spiro atoms. The third kappa shape index (κ3) is 3.12. The van der Waals surface area contributed by atoms with Crippen molar-refractivity contribution in [3.05, 3.63) is 74.3 Å². The molecule has 3 N–H and O–H groups in total. The molecule has 0 radical (unpaired) electrons. The van der Waals surface area contributed by atoms with Crippen molar-refractivity contribution < 1.29 is 9.59 Å². The molecule has 3 aromatic rings. The Morgan fingerprint density at radius 2 is 1.85 bits per heavy atom. The molecule has 1 aliphatic heterocycles. The summed E-state index contributed by atoms with van der Waals surface area (Å²) in [5.74, 6) is -0.490. The van der Waals surface area contributed by atoms with Gasteiger partial charge in [0.2, 0.25) is 5.91 Å². The molecule has 4 rings (SSSR count).